The maximum absolute atomic E-state index is 10.4. The Morgan fingerprint density at radius 3 is 2.41 bits per heavy atom. The lowest BCUT2D eigenvalue weighted by Gasteiger charge is -2.06. The van der Waals surface area contributed by atoms with Crippen LogP contribution in [0.2, 0.25) is 0 Å². The topological polar surface area (TPSA) is 70.1 Å². The van der Waals surface area contributed by atoms with Crippen LogP contribution in [0.4, 0.5) is 0 Å². The van der Waals surface area contributed by atoms with Crippen molar-refractivity contribution in [2.24, 2.45) is 0 Å². The molecule has 0 saturated carbocycles. The summed E-state index contributed by atoms with van der Waals surface area (Å²) in [7, 11) is 0. The Kier molecular flexibility index (Phi) is 9.96. The van der Waals surface area contributed by atoms with E-state index in [0.717, 1.165) is 62.9 Å². The Morgan fingerprint density at radius 2 is 1.68 bits per heavy atom. The molecular weight excluding hydrogens is 280 g/mol. The van der Waals surface area contributed by atoms with Crippen molar-refractivity contribution in [2.45, 2.75) is 96.5 Å². The van der Waals surface area contributed by atoms with Gasteiger partial charge in [0, 0.05) is 19.3 Å². The lowest BCUT2D eigenvalue weighted by atomic mass is 10.1. The van der Waals surface area contributed by atoms with Gasteiger partial charge in [-0.15, -0.1) is 0 Å². The highest BCUT2D eigenvalue weighted by Gasteiger charge is 2.26. The smallest absolute Gasteiger partial charge is 0.303 e. The van der Waals surface area contributed by atoms with Gasteiger partial charge in [-0.25, -0.2) is 0 Å². The third-order valence-corrected chi connectivity index (χ3v) is 4.12. The van der Waals surface area contributed by atoms with E-state index in [1.54, 1.807) is 0 Å². The van der Waals surface area contributed by atoms with E-state index in [-0.39, 0.29) is 12.5 Å². The number of aliphatic carboxylic acids is 1. The zero-order chi connectivity index (χ0) is 16.2. The Labute approximate surface area is 134 Å². The molecule has 22 heavy (non-hydrogen) atoms. The average Bonchev–Trinajstić information content (AvgIpc) is 3.20. The molecular formula is C18H32O4. The van der Waals surface area contributed by atoms with E-state index in [9.17, 15) is 9.90 Å². The molecule has 0 radical (unpaired) electrons. The second-order valence-corrected chi connectivity index (χ2v) is 6.32. The van der Waals surface area contributed by atoms with Gasteiger partial charge in [-0.2, -0.15) is 0 Å². The fraction of sp³-hybridized carbons (Fsp3) is 0.833. The number of carbonyl (C=O) groups is 1. The highest BCUT2D eigenvalue weighted by Crippen LogP contribution is 2.35. The van der Waals surface area contributed by atoms with Gasteiger partial charge in [-0.05, 0) is 19.3 Å². The van der Waals surface area contributed by atoms with E-state index >= 15 is 0 Å². The summed E-state index contributed by atoms with van der Waals surface area (Å²) < 4.78 is 5.47. The summed E-state index contributed by atoms with van der Waals surface area (Å²) in [5.74, 6) is 1.39. The van der Waals surface area contributed by atoms with E-state index < -0.39 is 5.97 Å². The van der Waals surface area contributed by atoms with Crippen LogP contribution >= 0.6 is 0 Å². The SMILES string of the molecule is CCCCCC[C@@H](O)CC1=C(CCCCCCCC(=O)O)O1. The molecule has 1 atom stereocenters. The summed E-state index contributed by atoms with van der Waals surface area (Å²) in [5.41, 5.74) is 0. The number of allylic oxidation sites excluding steroid dienone is 1. The minimum Gasteiger partial charge on any atom is -0.481 e. The molecule has 0 spiro atoms. The summed E-state index contributed by atoms with van der Waals surface area (Å²) in [4.78, 5) is 10.4. The highest BCUT2D eigenvalue weighted by atomic mass is 16.6. The molecule has 1 aliphatic heterocycles. The van der Waals surface area contributed by atoms with E-state index in [4.69, 9.17) is 9.84 Å². The summed E-state index contributed by atoms with van der Waals surface area (Å²) in [6, 6.07) is 0. The minimum absolute atomic E-state index is 0.250. The normalized spacial score (nSPS) is 14.8. The van der Waals surface area contributed by atoms with Crippen LogP contribution in [0.5, 0.6) is 0 Å². The first-order valence-corrected chi connectivity index (χ1v) is 8.93. The first-order valence-electron chi connectivity index (χ1n) is 8.93. The number of aliphatic hydroxyl groups is 1. The van der Waals surface area contributed by atoms with Crippen molar-refractivity contribution in [1.82, 2.24) is 0 Å². The molecule has 1 heterocycles. The van der Waals surface area contributed by atoms with Crippen LogP contribution in [0.1, 0.15) is 90.4 Å². The number of ether oxygens (including phenoxy) is 1. The number of carboxylic acids is 1. The predicted octanol–water partition coefficient (Wildman–Crippen LogP) is 4.76. The van der Waals surface area contributed by atoms with Gasteiger partial charge in [0.2, 0.25) is 0 Å². The Bertz CT molecular complexity index is 349. The number of aliphatic hydroxyl groups excluding tert-OH is 1. The van der Waals surface area contributed by atoms with Gasteiger partial charge in [0.1, 0.15) is 11.5 Å². The molecule has 0 aromatic carbocycles. The van der Waals surface area contributed by atoms with Crippen molar-refractivity contribution >= 4 is 5.97 Å². The molecule has 0 fully saturated rings. The van der Waals surface area contributed by atoms with Crippen molar-refractivity contribution in [3.63, 3.8) is 0 Å². The van der Waals surface area contributed by atoms with Crippen LogP contribution in [0.15, 0.2) is 11.5 Å². The summed E-state index contributed by atoms with van der Waals surface area (Å²) in [6.45, 7) is 2.19. The molecule has 0 aromatic heterocycles. The molecule has 128 valence electrons. The van der Waals surface area contributed by atoms with Crippen molar-refractivity contribution in [3.8, 4) is 0 Å². The van der Waals surface area contributed by atoms with Crippen LogP contribution in [0.25, 0.3) is 0 Å². The number of carboxylic acid groups (broad SMARTS) is 1. The van der Waals surface area contributed by atoms with Gasteiger partial charge < -0.3 is 14.9 Å². The number of unbranched alkanes of at least 4 members (excludes halogenated alkanes) is 7. The van der Waals surface area contributed by atoms with E-state index in [1.807, 2.05) is 0 Å². The third kappa shape index (κ3) is 9.82. The molecule has 0 bridgehead atoms. The first-order chi connectivity index (χ1) is 10.6. The molecule has 0 amide bonds. The largest absolute Gasteiger partial charge is 0.481 e. The van der Waals surface area contributed by atoms with Crippen LogP contribution in [0.3, 0.4) is 0 Å². The molecule has 0 saturated heterocycles. The second-order valence-electron chi connectivity index (χ2n) is 6.32. The van der Waals surface area contributed by atoms with Gasteiger partial charge in [-0.3, -0.25) is 4.79 Å². The van der Waals surface area contributed by atoms with Crippen LogP contribution in [-0.2, 0) is 9.53 Å². The molecule has 4 nitrogen and oxygen atoms in total. The third-order valence-electron chi connectivity index (χ3n) is 4.12. The molecule has 1 aliphatic rings. The zero-order valence-corrected chi connectivity index (χ0v) is 14.0. The van der Waals surface area contributed by atoms with Gasteiger partial charge in [0.05, 0.1) is 6.10 Å². The Balaban J connectivity index is 1.94. The molecule has 0 aromatic rings. The molecule has 0 unspecified atom stereocenters. The van der Waals surface area contributed by atoms with Crippen molar-refractivity contribution in [2.75, 3.05) is 0 Å². The predicted molar refractivity (Wildman–Crippen MR) is 87.4 cm³/mol. The highest BCUT2D eigenvalue weighted by molar-refractivity contribution is 5.66. The van der Waals surface area contributed by atoms with E-state index in [1.165, 1.54) is 19.3 Å². The van der Waals surface area contributed by atoms with Gasteiger partial charge in [0.15, 0.2) is 0 Å². The van der Waals surface area contributed by atoms with Crippen LogP contribution in [0, 0.1) is 0 Å². The van der Waals surface area contributed by atoms with Crippen molar-refractivity contribution in [1.29, 1.82) is 0 Å². The first kappa shape index (κ1) is 19.0. The lowest BCUT2D eigenvalue weighted by Crippen LogP contribution is -2.05. The Hall–Kier alpha value is -1.03. The maximum Gasteiger partial charge on any atom is 0.303 e. The van der Waals surface area contributed by atoms with Gasteiger partial charge >= 0.3 is 5.97 Å². The zero-order valence-electron chi connectivity index (χ0n) is 14.0. The second kappa shape index (κ2) is 11.5. The van der Waals surface area contributed by atoms with Gasteiger partial charge in [0.25, 0.3) is 0 Å². The monoisotopic (exact) mass is 312 g/mol. The molecule has 1 rings (SSSR count). The lowest BCUT2D eigenvalue weighted by molar-refractivity contribution is -0.137. The summed E-state index contributed by atoms with van der Waals surface area (Å²) in [6.07, 6.45) is 12.5. The summed E-state index contributed by atoms with van der Waals surface area (Å²) in [5, 5.41) is 18.5. The van der Waals surface area contributed by atoms with Crippen molar-refractivity contribution < 1.29 is 19.7 Å². The standard InChI is InChI=1S/C18H32O4/c1-2-3-4-8-11-15(19)14-17-16(22-17)12-9-6-5-7-10-13-18(20)21/h15,19H,2-14H2,1H3,(H,20,21)/t15-/m1/s1. The molecule has 4 heteroatoms. The summed E-state index contributed by atoms with van der Waals surface area (Å²) >= 11 is 0. The average molecular weight is 312 g/mol. The van der Waals surface area contributed by atoms with Crippen LogP contribution < -0.4 is 0 Å². The molecule has 2 N–H and O–H groups in total. The molecule has 0 aliphatic carbocycles. The minimum atomic E-state index is -0.700. The van der Waals surface area contributed by atoms with E-state index in [0.29, 0.717) is 6.42 Å². The van der Waals surface area contributed by atoms with Crippen LogP contribution in [-0.4, -0.2) is 22.3 Å². The van der Waals surface area contributed by atoms with Gasteiger partial charge in [-0.1, -0.05) is 51.9 Å². The number of hydrogen-bond acceptors (Lipinski definition) is 3. The van der Waals surface area contributed by atoms with E-state index in [2.05, 4.69) is 6.92 Å². The number of hydrogen-bond donors (Lipinski definition) is 2. The fourth-order valence-electron chi connectivity index (χ4n) is 2.68. The quantitative estimate of drug-likeness (QED) is 0.427. The fourth-order valence-corrected chi connectivity index (χ4v) is 2.68. The maximum atomic E-state index is 10.4. The van der Waals surface area contributed by atoms with Crippen molar-refractivity contribution in [3.05, 3.63) is 11.5 Å². The Morgan fingerprint density at radius 1 is 1.00 bits per heavy atom. The number of rotatable bonds is 15.